The molecule has 1 aliphatic rings. The summed E-state index contributed by atoms with van der Waals surface area (Å²) in [5.41, 5.74) is 1.34. The van der Waals surface area contributed by atoms with E-state index in [0.717, 1.165) is 10.8 Å². The highest BCUT2D eigenvalue weighted by atomic mass is 32.1. The molecule has 2 heterocycles. The molecule has 0 radical (unpaired) electrons. The minimum Gasteiger partial charge on any atom is -0.338 e. The van der Waals surface area contributed by atoms with E-state index in [-0.39, 0.29) is 0 Å². The van der Waals surface area contributed by atoms with Crippen molar-refractivity contribution in [3.63, 3.8) is 0 Å². The molecule has 0 bridgehead atoms. The van der Waals surface area contributed by atoms with Crippen molar-refractivity contribution in [2.24, 2.45) is 5.92 Å². The van der Waals surface area contributed by atoms with Crippen molar-refractivity contribution < 1.29 is 4.52 Å². The molecule has 1 aromatic carbocycles. The average Bonchev–Trinajstić information content (AvgIpc) is 3.05. The van der Waals surface area contributed by atoms with Crippen LogP contribution in [0.15, 0.2) is 52.4 Å². The smallest absolute Gasteiger partial charge is 0.240 e. The van der Waals surface area contributed by atoms with Gasteiger partial charge in [-0.05, 0) is 35.8 Å². The van der Waals surface area contributed by atoms with E-state index in [1.165, 1.54) is 18.4 Å². The van der Waals surface area contributed by atoms with Crippen LogP contribution in [0.25, 0.3) is 10.7 Å². The molecule has 1 fully saturated rings. The van der Waals surface area contributed by atoms with Crippen LogP contribution in [-0.4, -0.2) is 10.1 Å². The zero-order valence-corrected chi connectivity index (χ0v) is 12.9. The quantitative estimate of drug-likeness (QED) is 0.746. The van der Waals surface area contributed by atoms with Crippen molar-refractivity contribution in [2.75, 3.05) is 0 Å². The molecular formula is C17H17N3OS. The van der Waals surface area contributed by atoms with Gasteiger partial charge in [0, 0.05) is 6.04 Å². The number of hydrogen-bond donors (Lipinski definition) is 1. The third-order valence-corrected chi connectivity index (χ3v) is 4.80. The minimum absolute atomic E-state index is 0.373. The number of thiophene rings is 1. The van der Waals surface area contributed by atoms with Gasteiger partial charge in [0.05, 0.1) is 11.4 Å². The van der Waals surface area contributed by atoms with Gasteiger partial charge in [-0.25, -0.2) is 0 Å². The molecule has 5 heteroatoms. The fraction of sp³-hybridized carbons (Fsp3) is 0.294. The van der Waals surface area contributed by atoms with Crippen LogP contribution in [0.1, 0.15) is 30.3 Å². The van der Waals surface area contributed by atoms with E-state index >= 15 is 0 Å². The summed E-state index contributed by atoms with van der Waals surface area (Å²) in [6.07, 6.45) is 2.58. The lowest BCUT2D eigenvalue weighted by Gasteiger charge is -2.17. The molecule has 1 unspecified atom stereocenters. The number of benzene rings is 1. The van der Waals surface area contributed by atoms with Crippen LogP contribution >= 0.6 is 11.3 Å². The molecule has 4 nitrogen and oxygen atoms in total. The molecule has 4 rings (SSSR count). The summed E-state index contributed by atoms with van der Waals surface area (Å²) >= 11 is 1.62. The number of hydrogen-bond acceptors (Lipinski definition) is 5. The van der Waals surface area contributed by atoms with Crippen molar-refractivity contribution in [2.45, 2.75) is 25.4 Å². The summed E-state index contributed by atoms with van der Waals surface area (Å²) in [7, 11) is 0. The van der Waals surface area contributed by atoms with Gasteiger partial charge in [0.1, 0.15) is 0 Å². The largest absolute Gasteiger partial charge is 0.338 e. The first-order valence-corrected chi connectivity index (χ1v) is 8.43. The second-order valence-electron chi connectivity index (χ2n) is 5.60. The molecule has 22 heavy (non-hydrogen) atoms. The summed E-state index contributed by atoms with van der Waals surface area (Å²) in [6.45, 7) is 0.606. The number of nitrogens with one attached hydrogen (secondary N) is 1. The van der Waals surface area contributed by atoms with Crippen LogP contribution in [0, 0.1) is 5.92 Å². The van der Waals surface area contributed by atoms with Crippen LogP contribution in [-0.2, 0) is 6.54 Å². The topological polar surface area (TPSA) is 51.0 Å². The molecule has 3 aromatic rings. The molecule has 0 saturated heterocycles. The standard InChI is InChI=1S/C17H17N3OS/c1-2-5-12(6-3-1)16(13-8-9-13)18-11-15-19-17(20-21-15)14-7-4-10-22-14/h1-7,10,13,16,18H,8-9,11H2. The fourth-order valence-electron chi connectivity index (χ4n) is 2.68. The highest BCUT2D eigenvalue weighted by molar-refractivity contribution is 7.13. The normalized spacial score (nSPS) is 15.8. The van der Waals surface area contributed by atoms with Gasteiger partial charge in [-0.1, -0.05) is 41.6 Å². The first-order chi connectivity index (χ1) is 10.9. The van der Waals surface area contributed by atoms with E-state index in [1.807, 2.05) is 17.5 Å². The van der Waals surface area contributed by atoms with Crippen LogP contribution < -0.4 is 5.32 Å². The van der Waals surface area contributed by atoms with Gasteiger partial charge in [0.25, 0.3) is 0 Å². The lowest BCUT2D eigenvalue weighted by Crippen LogP contribution is -2.22. The summed E-state index contributed by atoms with van der Waals surface area (Å²) in [6, 6.07) is 15.0. The predicted octanol–water partition coefficient (Wildman–Crippen LogP) is 4.04. The average molecular weight is 311 g/mol. The molecule has 1 saturated carbocycles. The van der Waals surface area contributed by atoms with E-state index in [4.69, 9.17) is 4.52 Å². The molecule has 0 amide bonds. The lowest BCUT2D eigenvalue weighted by atomic mass is 10.0. The van der Waals surface area contributed by atoms with E-state index in [0.29, 0.717) is 24.3 Å². The van der Waals surface area contributed by atoms with Gasteiger partial charge in [-0.3, -0.25) is 0 Å². The van der Waals surface area contributed by atoms with Gasteiger partial charge < -0.3 is 9.84 Å². The molecule has 2 aromatic heterocycles. The third kappa shape index (κ3) is 2.96. The van der Waals surface area contributed by atoms with E-state index in [1.54, 1.807) is 11.3 Å². The van der Waals surface area contributed by atoms with Gasteiger partial charge in [0.15, 0.2) is 0 Å². The summed E-state index contributed by atoms with van der Waals surface area (Å²) in [5.74, 6) is 2.04. The van der Waals surface area contributed by atoms with E-state index in [9.17, 15) is 0 Å². The fourth-order valence-corrected chi connectivity index (χ4v) is 3.33. The second kappa shape index (κ2) is 6.02. The molecule has 0 aliphatic heterocycles. The zero-order chi connectivity index (χ0) is 14.8. The van der Waals surface area contributed by atoms with Crippen LogP contribution in [0.3, 0.4) is 0 Å². The predicted molar refractivity (Wildman–Crippen MR) is 86.4 cm³/mol. The first kappa shape index (κ1) is 13.7. The van der Waals surface area contributed by atoms with Crippen LogP contribution in [0.4, 0.5) is 0 Å². The summed E-state index contributed by atoms with van der Waals surface area (Å²) < 4.78 is 5.36. The summed E-state index contributed by atoms with van der Waals surface area (Å²) in [5, 5.41) is 9.65. The Morgan fingerprint density at radius 2 is 2.05 bits per heavy atom. The monoisotopic (exact) mass is 311 g/mol. The van der Waals surface area contributed by atoms with Crippen molar-refractivity contribution in [3.05, 3.63) is 59.3 Å². The number of rotatable bonds is 6. The SMILES string of the molecule is c1ccc(C(NCc2nc(-c3cccs3)no2)C2CC2)cc1. The maximum absolute atomic E-state index is 5.36. The number of aromatic nitrogens is 2. The first-order valence-electron chi connectivity index (χ1n) is 7.55. The Morgan fingerprint density at radius 3 is 2.77 bits per heavy atom. The van der Waals surface area contributed by atoms with E-state index < -0.39 is 0 Å². The van der Waals surface area contributed by atoms with Gasteiger partial charge in [-0.2, -0.15) is 4.98 Å². The third-order valence-electron chi connectivity index (χ3n) is 3.93. The maximum Gasteiger partial charge on any atom is 0.240 e. The highest BCUT2D eigenvalue weighted by Gasteiger charge is 2.32. The summed E-state index contributed by atoms with van der Waals surface area (Å²) in [4.78, 5) is 5.51. The Morgan fingerprint density at radius 1 is 1.18 bits per heavy atom. The highest BCUT2D eigenvalue weighted by Crippen LogP contribution is 2.41. The minimum atomic E-state index is 0.373. The van der Waals surface area contributed by atoms with Gasteiger partial charge in [0.2, 0.25) is 11.7 Å². The van der Waals surface area contributed by atoms with Crippen molar-refractivity contribution in [3.8, 4) is 10.7 Å². The molecule has 112 valence electrons. The van der Waals surface area contributed by atoms with E-state index in [2.05, 4.69) is 45.8 Å². The van der Waals surface area contributed by atoms with Crippen molar-refractivity contribution >= 4 is 11.3 Å². The van der Waals surface area contributed by atoms with Crippen molar-refractivity contribution in [1.29, 1.82) is 0 Å². The van der Waals surface area contributed by atoms with Crippen LogP contribution in [0.5, 0.6) is 0 Å². The Kier molecular flexibility index (Phi) is 3.74. The molecule has 1 atom stereocenters. The van der Waals surface area contributed by atoms with Gasteiger partial charge >= 0.3 is 0 Å². The molecule has 0 spiro atoms. The Labute approximate surface area is 133 Å². The Balaban J connectivity index is 1.45. The lowest BCUT2D eigenvalue weighted by molar-refractivity contribution is 0.351. The Bertz CT molecular complexity index is 719. The Hall–Kier alpha value is -1.98. The molecule has 1 N–H and O–H groups in total. The van der Waals surface area contributed by atoms with Crippen LogP contribution in [0.2, 0.25) is 0 Å². The van der Waals surface area contributed by atoms with Crippen molar-refractivity contribution in [1.82, 2.24) is 15.5 Å². The second-order valence-corrected chi connectivity index (χ2v) is 6.54. The molecule has 1 aliphatic carbocycles. The number of nitrogens with zero attached hydrogens (tertiary/aromatic N) is 2. The maximum atomic E-state index is 5.36. The molecular weight excluding hydrogens is 294 g/mol. The zero-order valence-electron chi connectivity index (χ0n) is 12.1. The van der Waals surface area contributed by atoms with Gasteiger partial charge in [-0.15, -0.1) is 11.3 Å².